The van der Waals surface area contributed by atoms with Crippen LogP contribution in [-0.4, -0.2) is 19.8 Å². The van der Waals surface area contributed by atoms with Crippen LogP contribution in [-0.2, 0) is 22.0 Å². The number of benzene rings is 2. The number of halogens is 1. The lowest BCUT2D eigenvalue weighted by Crippen LogP contribution is -2.36. The van der Waals surface area contributed by atoms with Gasteiger partial charge in [0.1, 0.15) is 5.82 Å². The van der Waals surface area contributed by atoms with Gasteiger partial charge in [-0.15, -0.1) is 0 Å². The third-order valence-electron chi connectivity index (χ3n) is 4.41. The van der Waals surface area contributed by atoms with Gasteiger partial charge in [0.05, 0.1) is 18.0 Å². The lowest BCUT2D eigenvalue weighted by atomic mass is 9.87. The van der Waals surface area contributed by atoms with Crippen molar-refractivity contribution in [2.75, 3.05) is 11.0 Å². The summed E-state index contributed by atoms with van der Waals surface area (Å²) in [5.41, 5.74) is 3.06. The summed E-state index contributed by atoms with van der Waals surface area (Å²) in [6, 6.07) is 12.5. The molecule has 2 aromatic carbocycles. The summed E-state index contributed by atoms with van der Waals surface area (Å²) < 4.78 is 38.8. The van der Waals surface area contributed by atoms with Crippen LogP contribution in [0.5, 0.6) is 0 Å². The molecule has 1 atom stereocenters. The van der Waals surface area contributed by atoms with E-state index in [0.29, 0.717) is 17.2 Å². The van der Waals surface area contributed by atoms with E-state index in [4.69, 9.17) is 12.2 Å². The molecule has 0 bridgehead atoms. The van der Waals surface area contributed by atoms with Gasteiger partial charge in [0.15, 0.2) is 5.11 Å². The van der Waals surface area contributed by atoms with Gasteiger partial charge < -0.3 is 10.6 Å². The molecule has 0 fully saturated rings. The van der Waals surface area contributed by atoms with Crippen molar-refractivity contribution in [3.8, 4) is 0 Å². The second kappa shape index (κ2) is 9.09. The Bertz CT molecular complexity index is 968. The fraction of sp³-hybridized carbons (Fsp3) is 0.381. The van der Waals surface area contributed by atoms with Crippen LogP contribution in [0, 0.1) is 5.82 Å². The van der Waals surface area contributed by atoms with Crippen LogP contribution in [0.15, 0.2) is 42.5 Å². The lowest BCUT2D eigenvalue weighted by molar-refractivity contribution is 0.590. The SMILES string of the molecule is C[C@H](NC(=S)NCc1ccc(C(C)(C)C)cc1)c1ccc(NS(C)(=O)=O)c(F)c1. The monoisotopic (exact) mass is 437 g/mol. The molecule has 29 heavy (non-hydrogen) atoms. The molecule has 0 aliphatic heterocycles. The van der Waals surface area contributed by atoms with Gasteiger partial charge in [0, 0.05) is 6.54 Å². The van der Waals surface area contributed by atoms with Crippen LogP contribution in [0.4, 0.5) is 10.1 Å². The minimum Gasteiger partial charge on any atom is -0.359 e. The number of nitrogens with one attached hydrogen (secondary N) is 3. The van der Waals surface area contributed by atoms with Crippen molar-refractivity contribution >= 4 is 33.0 Å². The number of hydrogen-bond acceptors (Lipinski definition) is 3. The van der Waals surface area contributed by atoms with E-state index in [1.54, 1.807) is 6.07 Å². The van der Waals surface area contributed by atoms with Crippen LogP contribution in [0.3, 0.4) is 0 Å². The summed E-state index contributed by atoms with van der Waals surface area (Å²) in [6.07, 6.45) is 0.977. The van der Waals surface area contributed by atoms with Gasteiger partial charge in [0.2, 0.25) is 10.0 Å². The zero-order valence-corrected chi connectivity index (χ0v) is 19.0. The zero-order chi connectivity index (χ0) is 21.8. The Morgan fingerprint density at radius 3 is 2.28 bits per heavy atom. The minimum absolute atomic E-state index is 0.0807. The highest BCUT2D eigenvalue weighted by atomic mass is 32.2. The minimum atomic E-state index is -3.53. The molecule has 8 heteroatoms. The largest absolute Gasteiger partial charge is 0.359 e. The Balaban J connectivity index is 1.92. The molecular weight excluding hydrogens is 409 g/mol. The van der Waals surface area contributed by atoms with Gasteiger partial charge in [0.25, 0.3) is 0 Å². The van der Waals surface area contributed by atoms with Crippen molar-refractivity contribution in [3.05, 3.63) is 65.0 Å². The Hall–Kier alpha value is -2.19. The molecule has 0 saturated carbocycles. The highest BCUT2D eigenvalue weighted by molar-refractivity contribution is 7.92. The first-order valence-electron chi connectivity index (χ1n) is 9.26. The zero-order valence-electron chi connectivity index (χ0n) is 17.3. The van der Waals surface area contributed by atoms with Crippen molar-refractivity contribution in [3.63, 3.8) is 0 Å². The highest BCUT2D eigenvalue weighted by Crippen LogP contribution is 2.22. The summed E-state index contributed by atoms with van der Waals surface area (Å²) >= 11 is 5.34. The van der Waals surface area contributed by atoms with Gasteiger partial charge in [-0.05, 0) is 53.4 Å². The second-order valence-electron chi connectivity index (χ2n) is 8.11. The number of anilines is 1. The molecule has 0 radical (unpaired) electrons. The molecule has 3 N–H and O–H groups in total. The van der Waals surface area contributed by atoms with E-state index in [-0.39, 0.29) is 17.1 Å². The third-order valence-corrected chi connectivity index (χ3v) is 5.26. The number of hydrogen-bond donors (Lipinski definition) is 3. The highest BCUT2D eigenvalue weighted by Gasteiger charge is 2.14. The summed E-state index contributed by atoms with van der Waals surface area (Å²) in [4.78, 5) is 0. The fourth-order valence-corrected chi connectivity index (χ4v) is 3.53. The topological polar surface area (TPSA) is 70.2 Å². The standard InChI is InChI=1S/C21H28FN3O2S2/c1-14(16-8-11-19(18(22)12-16)25-29(5,26)27)24-20(28)23-13-15-6-9-17(10-7-15)21(2,3)4/h6-12,14,25H,13H2,1-5H3,(H2,23,24,28)/t14-/m0/s1. The van der Waals surface area contributed by atoms with Gasteiger partial charge >= 0.3 is 0 Å². The van der Waals surface area contributed by atoms with E-state index < -0.39 is 15.8 Å². The van der Waals surface area contributed by atoms with Crippen molar-refractivity contribution in [2.45, 2.75) is 45.7 Å². The number of rotatable bonds is 6. The van der Waals surface area contributed by atoms with Gasteiger partial charge in [-0.3, -0.25) is 4.72 Å². The summed E-state index contributed by atoms with van der Waals surface area (Å²) in [5, 5.41) is 6.72. The fourth-order valence-electron chi connectivity index (χ4n) is 2.72. The normalized spacial score (nSPS) is 12.9. The van der Waals surface area contributed by atoms with Crippen molar-refractivity contribution < 1.29 is 12.8 Å². The van der Waals surface area contributed by atoms with Crippen LogP contribution in [0.1, 0.15) is 50.4 Å². The van der Waals surface area contributed by atoms with E-state index in [1.165, 1.54) is 17.7 Å². The first-order valence-corrected chi connectivity index (χ1v) is 11.6. The average Bonchev–Trinajstić information content (AvgIpc) is 2.60. The van der Waals surface area contributed by atoms with Gasteiger partial charge in [-0.2, -0.15) is 0 Å². The summed E-state index contributed by atoms with van der Waals surface area (Å²) in [7, 11) is -3.53. The lowest BCUT2D eigenvalue weighted by Gasteiger charge is -2.20. The molecule has 158 valence electrons. The molecule has 5 nitrogen and oxygen atoms in total. The van der Waals surface area contributed by atoms with E-state index in [2.05, 4.69) is 60.4 Å². The van der Waals surface area contributed by atoms with E-state index in [9.17, 15) is 12.8 Å². The number of sulfonamides is 1. The van der Waals surface area contributed by atoms with Gasteiger partial charge in [-0.1, -0.05) is 51.1 Å². The van der Waals surface area contributed by atoms with E-state index >= 15 is 0 Å². The summed E-state index contributed by atoms with van der Waals surface area (Å²) in [6.45, 7) is 8.95. The van der Waals surface area contributed by atoms with Crippen LogP contribution in [0.2, 0.25) is 0 Å². The molecule has 2 rings (SSSR count). The molecule has 0 unspecified atom stereocenters. The van der Waals surface area contributed by atoms with Crippen LogP contribution < -0.4 is 15.4 Å². The van der Waals surface area contributed by atoms with Gasteiger partial charge in [-0.25, -0.2) is 12.8 Å². The maximum absolute atomic E-state index is 14.2. The predicted octanol–water partition coefficient (Wildman–Crippen LogP) is 4.22. The smallest absolute Gasteiger partial charge is 0.229 e. The predicted molar refractivity (Wildman–Crippen MR) is 121 cm³/mol. The Morgan fingerprint density at radius 1 is 1.14 bits per heavy atom. The second-order valence-corrected chi connectivity index (χ2v) is 10.3. The van der Waals surface area contributed by atoms with E-state index in [0.717, 1.165) is 11.8 Å². The quantitative estimate of drug-likeness (QED) is 0.591. The van der Waals surface area contributed by atoms with E-state index in [1.807, 2.05) is 6.92 Å². The molecule has 0 aliphatic rings. The first-order chi connectivity index (χ1) is 13.3. The number of thiocarbonyl (C=S) groups is 1. The molecule has 2 aromatic rings. The molecule has 0 saturated heterocycles. The average molecular weight is 438 g/mol. The first kappa shape index (κ1) is 23.1. The van der Waals surface area contributed by atoms with Crippen molar-refractivity contribution in [1.29, 1.82) is 0 Å². The van der Waals surface area contributed by atoms with Crippen LogP contribution in [0.25, 0.3) is 0 Å². The maximum Gasteiger partial charge on any atom is 0.229 e. The van der Waals surface area contributed by atoms with Crippen LogP contribution >= 0.6 is 12.2 Å². The maximum atomic E-state index is 14.2. The molecule has 0 amide bonds. The molecule has 0 heterocycles. The molecule has 0 spiro atoms. The molecule has 0 aliphatic carbocycles. The Morgan fingerprint density at radius 2 is 1.76 bits per heavy atom. The molecule has 0 aromatic heterocycles. The third kappa shape index (κ3) is 7.29. The van der Waals surface area contributed by atoms with Crippen molar-refractivity contribution in [2.24, 2.45) is 0 Å². The summed E-state index contributed by atoms with van der Waals surface area (Å²) in [5.74, 6) is -0.639. The van der Waals surface area contributed by atoms with Crippen molar-refractivity contribution in [1.82, 2.24) is 10.6 Å². The Labute approximate surface area is 178 Å². The Kier molecular flexibility index (Phi) is 7.24. The molecular formula is C21H28FN3O2S2.